The maximum absolute atomic E-state index is 13.3. The zero-order valence-electron chi connectivity index (χ0n) is 9.81. The van der Waals surface area contributed by atoms with Crippen molar-refractivity contribution in [2.75, 3.05) is 5.32 Å². The topological polar surface area (TPSA) is 29.1 Å². The van der Waals surface area contributed by atoms with Crippen molar-refractivity contribution in [3.05, 3.63) is 58.0 Å². The van der Waals surface area contributed by atoms with E-state index in [1.165, 1.54) is 18.2 Å². The van der Waals surface area contributed by atoms with Crippen LogP contribution in [0, 0.1) is 12.7 Å². The predicted molar refractivity (Wildman–Crippen MR) is 73.1 cm³/mol. The molecule has 0 bridgehead atoms. The van der Waals surface area contributed by atoms with Gasteiger partial charge in [0.25, 0.3) is 0 Å². The summed E-state index contributed by atoms with van der Waals surface area (Å²) in [6.45, 7) is 1.98. The molecule has 1 N–H and O–H groups in total. The van der Waals surface area contributed by atoms with Gasteiger partial charge in [0, 0.05) is 11.0 Å². The Labute approximate surface area is 109 Å². The lowest BCUT2D eigenvalue weighted by Crippen LogP contribution is -2.08. The second kappa shape index (κ2) is 5.60. The molecular weight excluding hydrogens is 249 g/mol. The van der Waals surface area contributed by atoms with E-state index in [2.05, 4.69) is 5.32 Å². The van der Waals surface area contributed by atoms with Crippen molar-refractivity contribution in [2.24, 2.45) is 0 Å². The van der Waals surface area contributed by atoms with Crippen molar-refractivity contribution in [3.8, 4) is 0 Å². The Morgan fingerprint density at radius 1 is 1.33 bits per heavy atom. The molecule has 0 unspecified atom stereocenters. The van der Waals surface area contributed by atoms with Gasteiger partial charge < -0.3 is 5.32 Å². The first-order valence-corrected chi connectivity index (χ1v) is 6.32. The number of carbonyl (C=O) groups excluding carboxylic acids is 1. The van der Waals surface area contributed by atoms with Crippen molar-refractivity contribution in [2.45, 2.75) is 6.92 Å². The highest BCUT2D eigenvalue weighted by Gasteiger charge is 2.03. The Hall–Kier alpha value is -1.94. The molecule has 0 aliphatic heterocycles. The molecule has 4 heteroatoms. The normalized spacial score (nSPS) is 10.8. The highest BCUT2D eigenvalue weighted by atomic mass is 32.1. The predicted octanol–water partition coefficient (Wildman–Crippen LogP) is 3.85. The Morgan fingerprint density at radius 2 is 2.11 bits per heavy atom. The molecule has 1 aromatic carbocycles. The first-order valence-electron chi connectivity index (χ1n) is 5.44. The molecular formula is C14H12FNOS. The Bertz CT molecular complexity index is 589. The van der Waals surface area contributed by atoms with Crippen LogP contribution in [-0.2, 0) is 4.79 Å². The molecule has 2 rings (SSSR count). The van der Waals surface area contributed by atoms with Crippen LogP contribution in [-0.4, -0.2) is 5.91 Å². The molecule has 2 aromatic rings. The smallest absolute Gasteiger partial charge is 0.248 e. The minimum absolute atomic E-state index is 0.190. The number of rotatable bonds is 3. The van der Waals surface area contributed by atoms with Crippen LogP contribution in [0.1, 0.15) is 10.4 Å². The number of hydrogen-bond donors (Lipinski definition) is 1. The fraction of sp³-hybridized carbons (Fsp3) is 0.0714. The third-order valence-corrected chi connectivity index (χ3v) is 3.40. The van der Waals surface area contributed by atoms with E-state index in [0.717, 1.165) is 10.4 Å². The molecule has 1 amide bonds. The van der Waals surface area contributed by atoms with E-state index >= 15 is 0 Å². The van der Waals surface area contributed by atoms with Crippen molar-refractivity contribution < 1.29 is 9.18 Å². The molecule has 0 atom stereocenters. The standard InChI is InChI=1S/C14H12FNOS/c1-10-8-9-18-13(10)6-7-14(17)16-12-5-3-2-4-11(12)15/h2-9H,1H3,(H,16,17)/b7-6+. The number of thiophene rings is 1. The van der Waals surface area contributed by atoms with Gasteiger partial charge in [-0.05, 0) is 42.1 Å². The summed E-state index contributed by atoms with van der Waals surface area (Å²) in [7, 11) is 0. The van der Waals surface area contributed by atoms with E-state index in [1.54, 1.807) is 29.5 Å². The minimum atomic E-state index is -0.438. The summed E-state index contributed by atoms with van der Waals surface area (Å²) in [5, 5.41) is 4.46. The molecule has 0 aliphatic rings. The van der Waals surface area contributed by atoms with E-state index in [1.807, 2.05) is 18.4 Å². The molecule has 0 spiro atoms. The van der Waals surface area contributed by atoms with Gasteiger partial charge in [0.1, 0.15) is 5.82 Å². The van der Waals surface area contributed by atoms with E-state index in [0.29, 0.717) is 0 Å². The summed E-state index contributed by atoms with van der Waals surface area (Å²) in [6, 6.07) is 8.07. The molecule has 92 valence electrons. The fourth-order valence-electron chi connectivity index (χ4n) is 1.44. The molecule has 1 heterocycles. The highest BCUT2D eigenvalue weighted by Crippen LogP contribution is 2.17. The summed E-state index contributed by atoms with van der Waals surface area (Å²) in [4.78, 5) is 12.6. The van der Waals surface area contributed by atoms with Crippen LogP contribution in [0.25, 0.3) is 6.08 Å². The zero-order valence-corrected chi connectivity index (χ0v) is 10.6. The number of halogens is 1. The summed E-state index contributed by atoms with van der Waals surface area (Å²) in [5.74, 6) is -0.778. The maximum atomic E-state index is 13.3. The molecule has 0 radical (unpaired) electrons. The van der Waals surface area contributed by atoms with Gasteiger partial charge in [-0.1, -0.05) is 12.1 Å². The zero-order chi connectivity index (χ0) is 13.0. The van der Waals surface area contributed by atoms with Gasteiger partial charge in [0.2, 0.25) is 5.91 Å². The first kappa shape index (κ1) is 12.5. The summed E-state index contributed by atoms with van der Waals surface area (Å²) < 4.78 is 13.3. The largest absolute Gasteiger partial charge is 0.320 e. The Morgan fingerprint density at radius 3 is 2.78 bits per heavy atom. The van der Waals surface area contributed by atoms with Crippen LogP contribution >= 0.6 is 11.3 Å². The molecule has 18 heavy (non-hydrogen) atoms. The number of carbonyl (C=O) groups is 1. The van der Waals surface area contributed by atoms with E-state index in [-0.39, 0.29) is 11.6 Å². The van der Waals surface area contributed by atoms with E-state index in [9.17, 15) is 9.18 Å². The molecule has 0 saturated carbocycles. The lowest BCUT2D eigenvalue weighted by atomic mass is 10.2. The molecule has 0 aliphatic carbocycles. The molecule has 0 fully saturated rings. The summed E-state index contributed by atoms with van der Waals surface area (Å²) >= 11 is 1.56. The number of hydrogen-bond acceptors (Lipinski definition) is 2. The average molecular weight is 261 g/mol. The second-order valence-corrected chi connectivity index (χ2v) is 4.72. The van der Waals surface area contributed by atoms with Gasteiger partial charge in [-0.3, -0.25) is 4.79 Å². The number of amides is 1. The second-order valence-electron chi connectivity index (χ2n) is 3.77. The molecule has 2 nitrogen and oxygen atoms in total. The lowest BCUT2D eigenvalue weighted by molar-refractivity contribution is -0.111. The third kappa shape index (κ3) is 3.05. The van der Waals surface area contributed by atoms with E-state index in [4.69, 9.17) is 0 Å². The van der Waals surface area contributed by atoms with Crippen molar-refractivity contribution in [1.29, 1.82) is 0 Å². The molecule has 1 aromatic heterocycles. The average Bonchev–Trinajstić information content (AvgIpc) is 2.75. The van der Waals surface area contributed by atoms with Crippen molar-refractivity contribution in [3.63, 3.8) is 0 Å². The quantitative estimate of drug-likeness (QED) is 0.835. The van der Waals surface area contributed by atoms with E-state index < -0.39 is 5.82 Å². The summed E-state index contributed by atoms with van der Waals surface area (Å²) in [6.07, 6.45) is 3.14. The van der Waals surface area contributed by atoms with Crippen LogP contribution in [0.2, 0.25) is 0 Å². The Kier molecular flexibility index (Phi) is 3.89. The SMILES string of the molecule is Cc1ccsc1/C=C/C(=O)Nc1ccccc1F. The molecule has 0 saturated heterocycles. The number of para-hydroxylation sites is 1. The third-order valence-electron chi connectivity index (χ3n) is 2.42. The van der Waals surface area contributed by atoms with Gasteiger partial charge in [-0.25, -0.2) is 4.39 Å². The van der Waals surface area contributed by atoms with Gasteiger partial charge in [-0.15, -0.1) is 11.3 Å². The summed E-state index contributed by atoms with van der Waals surface area (Å²) in [5.41, 5.74) is 1.31. The number of benzene rings is 1. The van der Waals surface area contributed by atoms with Crippen LogP contribution in [0.4, 0.5) is 10.1 Å². The van der Waals surface area contributed by atoms with Gasteiger partial charge >= 0.3 is 0 Å². The maximum Gasteiger partial charge on any atom is 0.248 e. The van der Waals surface area contributed by atoms with Crippen LogP contribution < -0.4 is 5.32 Å². The van der Waals surface area contributed by atoms with Crippen LogP contribution in [0.15, 0.2) is 41.8 Å². The van der Waals surface area contributed by atoms with Crippen LogP contribution in [0.3, 0.4) is 0 Å². The monoisotopic (exact) mass is 261 g/mol. The van der Waals surface area contributed by atoms with Crippen molar-refractivity contribution in [1.82, 2.24) is 0 Å². The number of anilines is 1. The van der Waals surface area contributed by atoms with Crippen molar-refractivity contribution >= 4 is 29.0 Å². The lowest BCUT2D eigenvalue weighted by Gasteiger charge is -2.02. The number of aryl methyl sites for hydroxylation is 1. The number of nitrogens with one attached hydrogen (secondary N) is 1. The van der Waals surface area contributed by atoms with Crippen LogP contribution in [0.5, 0.6) is 0 Å². The van der Waals surface area contributed by atoms with Gasteiger partial charge in [0.15, 0.2) is 0 Å². The first-order chi connectivity index (χ1) is 8.66. The van der Waals surface area contributed by atoms with Gasteiger partial charge in [-0.2, -0.15) is 0 Å². The minimum Gasteiger partial charge on any atom is -0.320 e. The Balaban J connectivity index is 2.04. The fourth-order valence-corrected chi connectivity index (χ4v) is 2.26. The van der Waals surface area contributed by atoms with Gasteiger partial charge in [0.05, 0.1) is 5.69 Å². The highest BCUT2D eigenvalue weighted by molar-refractivity contribution is 7.11.